The summed E-state index contributed by atoms with van der Waals surface area (Å²) < 4.78 is 0. The SMILES string of the molecule is O=C(/C=C\c1cccs1)NCCCCNC(=O)/C=C\c1cccs1. The maximum atomic E-state index is 11.6. The summed E-state index contributed by atoms with van der Waals surface area (Å²) in [6.45, 7) is 1.21. The van der Waals surface area contributed by atoms with Crippen LogP contribution in [0.2, 0.25) is 0 Å². The predicted octanol–water partition coefficient (Wildman–Crippen LogP) is 3.55. The van der Waals surface area contributed by atoms with Crippen LogP contribution in [0.1, 0.15) is 22.6 Å². The number of carbonyl (C=O) groups excluding carboxylic acids is 2. The molecular weight excluding hydrogens is 340 g/mol. The first-order chi connectivity index (χ1) is 11.7. The summed E-state index contributed by atoms with van der Waals surface area (Å²) in [4.78, 5) is 25.3. The Balaban J connectivity index is 1.50. The molecule has 0 saturated carbocycles. The first-order valence-electron chi connectivity index (χ1n) is 7.73. The van der Waals surface area contributed by atoms with E-state index < -0.39 is 0 Å². The Morgan fingerprint density at radius 2 is 1.29 bits per heavy atom. The van der Waals surface area contributed by atoms with Gasteiger partial charge in [-0.3, -0.25) is 9.59 Å². The van der Waals surface area contributed by atoms with E-state index in [-0.39, 0.29) is 11.8 Å². The zero-order valence-corrected chi connectivity index (χ0v) is 14.9. The lowest BCUT2D eigenvalue weighted by molar-refractivity contribution is -0.117. The molecule has 2 aromatic rings. The lowest BCUT2D eigenvalue weighted by Crippen LogP contribution is -2.25. The number of hydrogen-bond acceptors (Lipinski definition) is 4. The molecule has 24 heavy (non-hydrogen) atoms. The third kappa shape index (κ3) is 7.39. The van der Waals surface area contributed by atoms with Gasteiger partial charge >= 0.3 is 0 Å². The first-order valence-corrected chi connectivity index (χ1v) is 9.49. The van der Waals surface area contributed by atoms with Crippen LogP contribution in [0.3, 0.4) is 0 Å². The van der Waals surface area contributed by atoms with E-state index in [1.165, 1.54) is 0 Å². The van der Waals surface area contributed by atoms with Crippen molar-refractivity contribution in [2.75, 3.05) is 13.1 Å². The standard InChI is InChI=1S/C18H20N2O2S2/c21-17(9-7-15-5-3-13-23-15)19-11-1-2-12-20-18(22)10-8-16-6-4-14-24-16/h3-10,13-14H,1-2,11-12H2,(H,19,21)(H,20,22)/b9-7-,10-8-. The molecule has 0 saturated heterocycles. The van der Waals surface area contributed by atoms with Crippen LogP contribution in [0.15, 0.2) is 47.2 Å². The smallest absolute Gasteiger partial charge is 0.244 e. The summed E-state index contributed by atoms with van der Waals surface area (Å²) >= 11 is 3.19. The van der Waals surface area contributed by atoms with Gasteiger partial charge in [0.05, 0.1) is 0 Å². The summed E-state index contributed by atoms with van der Waals surface area (Å²) in [5, 5.41) is 9.61. The van der Waals surface area contributed by atoms with E-state index in [9.17, 15) is 9.59 Å². The van der Waals surface area contributed by atoms with Crippen LogP contribution in [0.25, 0.3) is 12.2 Å². The summed E-state index contributed by atoms with van der Waals surface area (Å²) in [5.41, 5.74) is 0. The molecule has 2 heterocycles. The van der Waals surface area contributed by atoms with Gasteiger partial charge in [-0.05, 0) is 47.9 Å². The minimum absolute atomic E-state index is 0.0914. The van der Waals surface area contributed by atoms with Crippen molar-refractivity contribution in [1.82, 2.24) is 10.6 Å². The Hall–Kier alpha value is -2.18. The molecular formula is C18H20N2O2S2. The topological polar surface area (TPSA) is 58.2 Å². The van der Waals surface area contributed by atoms with Crippen molar-refractivity contribution in [3.05, 3.63) is 56.9 Å². The van der Waals surface area contributed by atoms with Gasteiger partial charge in [-0.2, -0.15) is 0 Å². The monoisotopic (exact) mass is 360 g/mol. The highest BCUT2D eigenvalue weighted by molar-refractivity contribution is 7.11. The Kier molecular flexibility index (Phi) is 8.00. The van der Waals surface area contributed by atoms with Crippen LogP contribution in [0.5, 0.6) is 0 Å². The Labute approximate surface area is 149 Å². The van der Waals surface area contributed by atoms with Crippen molar-refractivity contribution in [3.63, 3.8) is 0 Å². The number of amides is 2. The van der Waals surface area contributed by atoms with Gasteiger partial charge in [0.15, 0.2) is 0 Å². The molecule has 0 aliphatic carbocycles. The molecule has 0 aromatic carbocycles. The highest BCUT2D eigenvalue weighted by Crippen LogP contribution is 2.10. The van der Waals surface area contributed by atoms with E-state index in [4.69, 9.17) is 0 Å². The van der Waals surface area contributed by atoms with E-state index in [1.807, 2.05) is 35.0 Å². The van der Waals surface area contributed by atoms with Crippen LogP contribution in [0.4, 0.5) is 0 Å². The number of unbranched alkanes of at least 4 members (excludes halogenated alkanes) is 1. The molecule has 0 atom stereocenters. The lowest BCUT2D eigenvalue weighted by atomic mass is 10.3. The number of hydrogen-bond donors (Lipinski definition) is 2. The second kappa shape index (κ2) is 10.6. The quantitative estimate of drug-likeness (QED) is 0.531. The maximum absolute atomic E-state index is 11.6. The normalized spacial score (nSPS) is 11.2. The first kappa shape index (κ1) is 18.2. The minimum atomic E-state index is -0.0914. The molecule has 6 heteroatoms. The predicted molar refractivity (Wildman–Crippen MR) is 102 cm³/mol. The van der Waals surface area contributed by atoms with Gasteiger partial charge in [0.25, 0.3) is 0 Å². The molecule has 0 bridgehead atoms. The number of rotatable bonds is 9. The third-order valence-corrected chi connectivity index (χ3v) is 4.76. The molecule has 126 valence electrons. The average molecular weight is 361 g/mol. The van der Waals surface area contributed by atoms with Crippen molar-refractivity contribution in [1.29, 1.82) is 0 Å². The van der Waals surface area contributed by atoms with Crippen molar-refractivity contribution in [3.8, 4) is 0 Å². The molecule has 4 nitrogen and oxygen atoms in total. The molecule has 2 rings (SSSR count). The highest BCUT2D eigenvalue weighted by Gasteiger charge is 1.97. The summed E-state index contributed by atoms with van der Waals surface area (Å²) in [5.74, 6) is -0.183. The van der Waals surface area contributed by atoms with Crippen molar-refractivity contribution >= 4 is 46.6 Å². The van der Waals surface area contributed by atoms with Crippen LogP contribution in [-0.2, 0) is 9.59 Å². The van der Waals surface area contributed by atoms with Crippen molar-refractivity contribution in [2.45, 2.75) is 12.8 Å². The van der Waals surface area contributed by atoms with Gasteiger partial charge in [-0.15, -0.1) is 22.7 Å². The largest absolute Gasteiger partial charge is 0.353 e. The van der Waals surface area contributed by atoms with E-state index in [0.717, 1.165) is 22.6 Å². The van der Waals surface area contributed by atoms with Crippen LogP contribution < -0.4 is 10.6 Å². The fourth-order valence-corrected chi connectivity index (χ4v) is 3.11. The minimum Gasteiger partial charge on any atom is -0.353 e. The highest BCUT2D eigenvalue weighted by atomic mass is 32.1. The third-order valence-electron chi connectivity index (χ3n) is 3.09. The van der Waals surface area contributed by atoms with Crippen LogP contribution in [0, 0.1) is 0 Å². The molecule has 0 spiro atoms. The number of nitrogens with one attached hydrogen (secondary N) is 2. The number of thiophene rings is 2. The van der Waals surface area contributed by atoms with Gasteiger partial charge < -0.3 is 10.6 Å². The summed E-state index contributed by atoms with van der Waals surface area (Å²) in [6.07, 6.45) is 8.35. The Morgan fingerprint density at radius 3 is 1.67 bits per heavy atom. The summed E-state index contributed by atoms with van der Waals surface area (Å²) in [7, 11) is 0. The van der Waals surface area contributed by atoms with Gasteiger partial charge in [0, 0.05) is 35.0 Å². The van der Waals surface area contributed by atoms with Crippen molar-refractivity contribution < 1.29 is 9.59 Å². The Morgan fingerprint density at radius 1 is 0.833 bits per heavy atom. The molecule has 2 N–H and O–H groups in total. The van der Waals surface area contributed by atoms with E-state index in [0.29, 0.717) is 13.1 Å². The fourth-order valence-electron chi connectivity index (χ4n) is 1.88. The van der Waals surface area contributed by atoms with Crippen LogP contribution >= 0.6 is 22.7 Å². The zero-order valence-electron chi connectivity index (χ0n) is 13.2. The molecule has 2 amide bonds. The Bertz CT molecular complexity index is 614. The van der Waals surface area contributed by atoms with E-state index >= 15 is 0 Å². The van der Waals surface area contributed by atoms with Gasteiger partial charge in [-0.25, -0.2) is 0 Å². The zero-order chi connectivity index (χ0) is 17.0. The lowest BCUT2D eigenvalue weighted by Gasteiger charge is -2.03. The number of carbonyl (C=O) groups is 2. The van der Waals surface area contributed by atoms with Gasteiger partial charge in [0.1, 0.15) is 0 Å². The van der Waals surface area contributed by atoms with E-state index in [2.05, 4.69) is 10.6 Å². The average Bonchev–Trinajstić information content (AvgIpc) is 3.27. The van der Waals surface area contributed by atoms with E-state index in [1.54, 1.807) is 47.0 Å². The molecule has 2 aromatic heterocycles. The maximum Gasteiger partial charge on any atom is 0.244 e. The molecule has 0 aliphatic heterocycles. The molecule has 0 fully saturated rings. The molecule has 0 radical (unpaired) electrons. The van der Waals surface area contributed by atoms with Gasteiger partial charge in [0.2, 0.25) is 11.8 Å². The van der Waals surface area contributed by atoms with Crippen molar-refractivity contribution in [2.24, 2.45) is 0 Å². The summed E-state index contributed by atoms with van der Waals surface area (Å²) in [6, 6.07) is 7.83. The molecule has 0 unspecified atom stereocenters. The fraction of sp³-hybridized carbons (Fsp3) is 0.222. The van der Waals surface area contributed by atoms with Gasteiger partial charge in [-0.1, -0.05) is 12.1 Å². The van der Waals surface area contributed by atoms with Crippen LogP contribution in [-0.4, -0.2) is 24.9 Å². The second-order valence-electron chi connectivity index (χ2n) is 4.99. The second-order valence-corrected chi connectivity index (χ2v) is 6.95. The molecule has 0 aliphatic rings.